The third-order valence-electron chi connectivity index (χ3n) is 1.59. The monoisotopic (exact) mass is 191 g/mol. The zero-order valence-corrected chi connectivity index (χ0v) is 9.38. The molecule has 1 aromatic heterocycles. The van der Waals surface area contributed by atoms with E-state index in [1.165, 1.54) is 0 Å². The summed E-state index contributed by atoms with van der Waals surface area (Å²) in [6.07, 6.45) is 2.83. The van der Waals surface area contributed by atoms with E-state index in [4.69, 9.17) is 7.57 Å². The summed E-state index contributed by atoms with van der Waals surface area (Å²) in [4.78, 5) is 4.27. The zero-order chi connectivity index (χ0) is 9.90. The van der Waals surface area contributed by atoms with Crippen LogP contribution in [-0.4, -0.2) is 18.7 Å². The Balaban J connectivity index is 2.64. The molecular weight excluding hydrogens is 176 g/mol. The van der Waals surface area contributed by atoms with Crippen LogP contribution in [0.3, 0.4) is 0 Å². The third-order valence-corrected chi connectivity index (χ3v) is 3.73. The number of rotatable bonds is 2. The molecule has 0 saturated carbocycles. The van der Waals surface area contributed by atoms with Crippen molar-refractivity contribution >= 4 is 20.8 Å². The first-order chi connectivity index (χ1) is 5.99. The fourth-order valence-electron chi connectivity index (χ4n) is 1.12. The van der Waals surface area contributed by atoms with E-state index in [1.54, 1.807) is 6.20 Å². The molecule has 0 aliphatic heterocycles. The molecule has 0 bridgehead atoms. The molecule has 0 amide bonds. The van der Waals surface area contributed by atoms with E-state index in [-0.39, 0.29) is 5.41 Å². The largest absolute Gasteiger partial charge is 0.257 e. The first-order valence-corrected chi connectivity index (χ1v) is 6.02. The number of pyridine rings is 1. The molecular formula is C10H15BNP. The summed E-state index contributed by atoms with van der Waals surface area (Å²) >= 11 is 0. The Morgan fingerprint density at radius 2 is 2.08 bits per heavy atom. The first-order valence-electron chi connectivity index (χ1n) is 4.42. The molecule has 0 aromatic carbocycles. The van der Waals surface area contributed by atoms with Gasteiger partial charge in [0, 0.05) is 6.20 Å². The van der Waals surface area contributed by atoms with Crippen LogP contribution < -0.4 is 5.44 Å². The van der Waals surface area contributed by atoms with E-state index in [9.17, 15) is 0 Å². The van der Waals surface area contributed by atoms with Crippen molar-refractivity contribution < 1.29 is 0 Å². The smallest absolute Gasteiger partial charge is 0.117 e. The van der Waals surface area contributed by atoms with Crippen molar-refractivity contribution in [2.45, 2.75) is 20.8 Å². The number of hydrogen-bond acceptors (Lipinski definition) is 1. The van der Waals surface area contributed by atoms with Crippen molar-refractivity contribution in [2.75, 3.05) is 6.16 Å². The minimum absolute atomic E-state index is 0.290. The van der Waals surface area contributed by atoms with E-state index >= 15 is 0 Å². The summed E-state index contributed by atoms with van der Waals surface area (Å²) in [5.41, 5.74) is 1.34. The molecule has 0 N–H and O–H groups in total. The SMILES string of the molecule is [B]P(CC(C)(C)C)c1ccccn1. The van der Waals surface area contributed by atoms with Gasteiger partial charge in [0.15, 0.2) is 0 Å². The van der Waals surface area contributed by atoms with E-state index in [1.807, 2.05) is 18.2 Å². The maximum Gasteiger partial charge on any atom is 0.117 e. The molecule has 1 rings (SSSR count). The van der Waals surface area contributed by atoms with Crippen LogP contribution in [0.15, 0.2) is 24.4 Å². The molecule has 0 spiro atoms. The summed E-state index contributed by atoms with van der Waals surface area (Å²) in [5, 5.41) is 0. The normalized spacial score (nSPS) is 14.1. The second-order valence-corrected chi connectivity index (χ2v) is 6.09. The van der Waals surface area contributed by atoms with Gasteiger partial charge in [-0.25, -0.2) is 0 Å². The molecule has 1 nitrogen and oxygen atoms in total. The highest BCUT2D eigenvalue weighted by Gasteiger charge is 2.15. The Morgan fingerprint density at radius 1 is 1.38 bits per heavy atom. The highest BCUT2D eigenvalue weighted by Crippen LogP contribution is 2.35. The van der Waals surface area contributed by atoms with Crippen LogP contribution in [0.5, 0.6) is 0 Å². The van der Waals surface area contributed by atoms with Crippen molar-refractivity contribution in [3.63, 3.8) is 0 Å². The molecule has 13 heavy (non-hydrogen) atoms. The molecule has 68 valence electrons. The van der Waals surface area contributed by atoms with Crippen LogP contribution in [0.2, 0.25) is 0 Å². The molecule has 1 unspecified atom stereocenters. The minimum Gasteiger partial charge on any atom is -0.257 e. The summed E-state index contributed by atoms with van der Waals surface area (Å²) in [6.45, 7) is 6.62. The van der Waals surface area contributed by atoms with Crippen LogP contribution in [-0.2, 0) is 0 Å². The number of aromatic nitrogens is 1. The Labute approximate surface area is 83.1 Å². The van der Waals surface area contributed by atoms with Gasteiger partial charge in [-0.1, -0.05) is 26.8 Å². The molecule has 0 aliphatic carbocycles. The lowest BCUT2D eigenvalue weighted by Crippen LogP contribution is -2.16. The second-order valence-electron chi connectivity index (χ2n) is 4.38. The van der Waals surface area contributed by atoms with Crippen molar-refractivity contribution in [3.05, 3.63) is 24.4 Å². The minimum atomic E-state index is -0.575. The first kappa shape index (κ1) is 10.7. The lowest BCUT2D eigenvalue weighted by molar-refractivity contribution is 0.479. The van der Waals surface area contributed by atoms with E-state index < -0.39 is 7.80 Å². The van der Waals surface area contributed by atoms with Gasteiger partial charge in [0.2, 0.25) is 0 Å². The Kier molecular flexibility index (Phi) is 3.50. The van der Waals surface area contributed by atoms with Crippen LogP contribution in [0, 0.1) is 5.41 Å². The number of hydrogen-bond donors (Lipinski definition) is 0. The van der Waals surface area contributed by atoms with Crippen molar-refractivity contribution in [1.82, 2.24) is 4.98 Å². The molecule has 0 fully saturated rings. The van der Waals surface area contributed by atoms with E-state index in [0.717, 1.165) is 11.6 Å². The molecule has 2 radical (unpaired) electrons. The molecule has 1 heterocycles. The predicted molar refractivity (Wildman–Crippen MR) is 60.9 cm³/mol. The van der Waals surface area contributed by atoms with Gasteiger partial charge < -0.3 is 0 Å². The average Bonchev–Trinajstić information content (AvgIpc) is 2.03. The van der Waals surface area contributed by atoms with Crippen LogP contribution in [0.25, 0.3) is 0 Å². The molecule has 1 aromatic rings. The van der Waals surface area contributed by atoms with Crippen molar-refractivity contribution in [1.29, 1.82) is 0 Å². The van der Waals surface area contributed by atoms with Gasteiger partial charge in [0.25, 0.3) is 0 Å². The standard InChI is InChI=1S/C10H15BNP/c1-10(2,3)8-13(11)9-6-4-5-7-12-9/h4-7H,8H2,1-3H3. The van der Waals surface area contributed by atoms with Crippen LogP contribution in [0.1, 0.15) is 20.8 Å². The predicted octanol–water partition coefficient (Wildman–Crippen LogP) is 2.32. The van der Waals surface area contributed by atoms with Gasteiger partial charge in [-0.2, -0.15) is 0 Å². The zero-order valence-electron chi connectivity index (χ0n) is 8.49. The fraction of sp³-hybridized carbons (Fsp3) is 0.500. The molecule has 0 saturated heterocycles. The summed E-state index contributed by atoms with van der Waals surface area (Å²) in [6, 6.07) is 5.92. The highest BCUT2D eigenvalue weighted by molar-refractivity contribution is 7.88. The fourth-order valence-corrected chi connectivity index (χ4v) is 2.79. The summed E-state index contributed by atoms with van der Waals surface area (Å²) in [5.74, 6) is 0. The summed E-state index contributed by atoms with van der Waals surface area (Å²) in [7, 11) is 5.51. The quantitative estimate of drug-likeness (QED) is 0.516. The number of nitrogens with zero attached hydrogens (tertiary/aromatic N) is 1. The highest BCUT2D eigenvalue weighted by atomic mass is 31.1. The second kappa shape index (κ2) is 4.24. The lowest BCUT2D eigenvalue weighted by atomic mass is 10.0. The maximum absolute atomic E-state index is 6.08. The molecule has 0 aliphatic rings. The van der Waals surface area contributed by atoms with Gasteiger partial charge in [0.1, 0.15) is 7.57 Å². The van der Waals surface area contributed by atoms with Gasteiger partial charge >= 0.3 is 0 Å². The van der Waals surface area contributed by atoms with Gasteiger partial charge in [-0.05, 0) is 23.7 Å². The van der Waals surface area contributed by atoms with Gasteiger partial charge in [0.05, 0.1) is 5.44 Å². The maximum atomic E-state index is 6.08. The molecule has 1 atom stereocenters. The van der Waals surface area contributed by atoms with Crippen LogP contribution >= 0.6 is 7.80 Å². The van der Waals surface area contributed by atoms with Gasteiger partial charge in [-0.15, -0.1) is 7.80 Å². The Hall–Kier alpha value is -0.355. The average molecular weight is 191 g/mol. The van der Waals surface area contributed by atoms with E-state index in [0.29, 0.717) is 0 Å². The van der Waals surface area contributed by atoms with E-state index in [2.05, 4.69) is 25.8 Å². The lowest BCUT2D eigenvalue weighted by Gasteiger charge is -2.23. The molecule has 3 heteroatoms. The van der Waals surface area contributed by atoms with Crippen molar-refractivity contribution in [2.24, 2.45) is 5.41 Å². The third kappa shape index (κ3) is 3.91. The Morgan fingerprint density at radius 3 is 2.54 bits per heavy atom. The topological polar surface area (TPSA) is 12.9 Å². The van der Waals surface area contributed by atoms with Crippen LogP contribution in [0.4, 0.5) is 0 Å². The Bertz CT molecular complexity index is 255. The summed E-state index contributed by atoms with van der Waals surface area (Å²) < 4.78 is 0. The van der Waals surface area contributed by atoms with Gasteiger partial charge in [-0.3, -0.25) is 4.98 Å². The van der Waals surface area contributed by atoms with Crippen molar-refractivity contribution in [3.8, 4) is 0 Å².